The van der Waals surface area contributed by atoms with Gasteiger partial charge < -0.3 is 14.4 Å². The zero-order valence-corrected chi connectivity index (χ0v) is 19.1. The molecule has 0 radical (unpaired) electrons. The van der Waals surface area contributed by atoms with E-state index >= 15 is 0 Å². The molecule has 33 heavy (non-hydrogen) atoms. The molecule has 0 atom stereocenters. The normalized spacial score (nSPS) is 14.6. The van der Waals surface area contributed by atoms with Gasteiger partial charge in [-0.2, -0.15) is 0 Å². The molecule has 1 aromatic heterocycles. The average molecular weight is 468 g/mol. The highest BCUT2D eigenvalue weighted by atomic mass is 32.2. The van der Waals surface area contributed by atoms with Crippen LogP contribution in [0.3, 0.4) is 0 Å². The highest BCUT2D eigenvalue weighted by molar-refractivity contribution is 7.90. The van der Waals surface area contributed by atoms with Crippen LogP contribution < -0.4 is 9.47 Å². The molecule has 172 valence electrons. The lowest BCUT2D eigenvalue weighted by Gasteiger charge is -2.30. The van der Waals surface area contributed by atoms with Gasteiger partial charge in [0.2, 0.25) is 5.88 Å². The van der Waals surface area contributed by atoms with Gasteiger partial charge in [-0.25, -0.2) is 23.2 Å². The zero-order chi connectivity index (χ0) is 23.3. The molecule has 3 aromatic rings. The van der Waals surface area contributed by atoms with Crippen LogP contribution in [0.4, 0.5) is 4.79 Å². The Balaban J connectivity index is 1.24. The second-order valence-electron chi connectivity index (χ2n) is 7.96. The Morgan fingerprint density at radius 1 is 1.00 bits per heavy atom. The number of amides is 1. The fourth-order valence-corrected chi connectivity index (χ4v) is 4.18. The molecule has 1 saturated heterocycles. The van der Waals surface area contributed by atoms with Crippen LogP contribution in [0.5, 0.6) is 11.6 Å². The smallest absolute Gasteiger partial charge is 0.415 e. The lowest BCUT2D eigenvalue weighted by Crippen LogP contribution is -2.41. The van der Waals surface area contributed by atoms with Gasteiger partial charge in [0.15, 0.2) is 9.84 Å². The Morgan fingerprint density at radius 2 is 1.70 bits per heavy atom. The van der Waals surface area contributed by atoms with Gasteiger partial charge >= 0.3 is 6.09 Å². The van der Waals surface area contributed by atoms with E-state index in [4.69, 9.17) is 9.47 Å². The second-order valence-corrected chi connectivity index (χ2v) is 9.97. The number of carbonyl (C=O) groups is 1. The molecule has 1 aliphatic heterocycles. The molecule has 1 amide bonds. The number of aromatic nitrogens is 2. The molecule has 1 fully saturated rings. The largest absolute Gasteiger partial charge is 0.476 e. The van der Waals surface area contributed by atoms with Crippen LogP contribution >= 0.6 is 0 Å². The maximum atomic E-state index is 12.3. The highest BCUT2D eigenvalue weighted by Gasteiger charge is 2.24. The second kappa shape index (κ2) is 9.99. The van der Waals surface area contributed by atoms with Gasteiger partial charge in [0.25, 0.3) is 0 Å². The molecule has 4 rings (SSSR count). The number of sulfone groups is 1. The predicted molar refractivity (Wildman–Crippen MR) is 123 cm³/mol. The molecule has 1 aliphatic rings. The van der Waals surface area contributed by atoms with Crippen molar-refractivity contribution in [2.75, 3.05) is 26.0 Å². The molecule has 0 spiro atoms. The van der Waals surface area contributed by atoms with E-state index in [9.17, 15) is 13.2 Å². The van der Waals surface area contributed by atoms with Gasteiger partial charge in [-0.15, -0.1) is 0 Å². The number of rotatable bonds is 6. The van der Waals surface area contributed by atoms with Crippen LogP contribution in [0.2, 0.25) is 0 Å². The van der Waals surface area contributed by atoms with Gasteiger partial charge in [0.05, 0.1) is 29.6 Å². The van der Waals surface area contributed by atoms with Crippen molar-refractivity contribution < 1.29 is 22.7 Å². The molecule has 0 saturated carbocycles. The number of ether oxygens (including phenoxy) is 2. The highest BCUT2D eigenvalue weighted by Crippen LogP contribution is 2.22. The van der Waals surface area contributed by atoms with E-state index in [0.29, 0.717) is 42.9 Å². The van der Waals surface area contributed by atoms with E-state index in [1.54, 1.807) is 53.7 Å². The summed E-state index contributed by atoms with van der Waals surface area (Å²) in [5.74, 6) is 1.29. The Kier molecular flexibility index (Phi) is 6.88. The van der Waals surface area contributed by atoms with Gasteiger partial charge in [0, 0.05) is 24.9 Å². The first kappa shape index (κ1) is 22.7. The summed E-state index contributed by atoms with van der Waals surface area (Å²) >= 11 is 0. The number of likely N-dealkylation sites (tertiary alicyclic amines) is 1. The fourth-order valence-electron chi connectivity index (χ4n) is 3.55. The van der Waals surface area contributed by atoms with Crippen LogP contribution in [0.15, 0.2) is 71.9 Å². The van der Waals surface area contributed by atoms with Crippen molar-refractivity contribution in [2.24, 2.45) is 5.92 Å². The van der Waals surface area contributed by atoms with Gasteiger partial charge in [0.1, 0.15) is 5.75 Å². The number of nitrogens with zero attached hydrogens (tertiary/aromatic N) is 3. The monoisotopic (exact) mass is 467 g/mol. The molecule has 8 nitrogen and oxygen atoms in total. The van der Waals surface area contributed by atoms with E-state index in [1.165, 1.54) is 6.26 Å². The van der Waals surface area contributed by atoms with E-state index in [-0.39, 0.29) is 11.0 Å². The van der Waals surface area contributed by atoms with E-state index in [1.807, 2.05) is 18.2 Å². The van der Waals surface area contributed by atoms with Gasteiger partial charge in [-0.05, 0) is 43.0 Å². The Bertz CT molecular complexity index is 1180. The molecular weight excluding hydrogens is 442 g/mol. The lowest BCUT2D eigenvalue weighted by molar-refractivity contribution is 0.116. The zero-order valence-electron chi connectivity index (χ0n) is 18.3. The van der Waals surface area contributed by atoms with E-state index < -0.39 is 9.84 Å². The molecule has 2 heterocycles. The molecular formula is C24H25N3O5S. The molecule has 0 bridgehead atoms. The topological polar surface area (TPSA) is 98.7 Å². The lowest BCUT2D eigenvalue weighted by atomic mass is 9.98. The Hall–Kier alpha value is -3.46. The van der Waals surface area contributed by atoms with Gasteiger partial charge in [-0.3, -0.25) is 0 Å². The minimum atomic E-state index is -3.23. The number of para-hydroxylation sites is 1. The van der Waals surface area contributed by atoms with Crippen molar-refractivity contribution in [3.8, 4) is 22.9 Å². The third kappa shape index (κ3) is 6.07. The molecule has 0 aliphatic carbocycles. The first-order chi connectivity index (χ1) is 15.9. The minimum absolute atomic E-state index is 0.263. The Morgan fingerprint density at radius 3 is 2.30 bits per heavy atom. The number of benzene rings is 2. The summed E-state index contributed by atoms with van der Waals surface area (Å²) in [5.41, 5.74) is 1.41. The third-order valence-electron chi connectivity index (χ3n) is 5.49. The minimum Gasteiger partial charge on any atom is -0.476 e. The van der Waals surface area contributed by atoms with Crippen LogP contribution in [-0.2, 0) is 9.84 Å². The van der Waals surface area contributed by atoms with Crippen molar-refractivity contribution in [2.45, 2.75) is 17.7 Å². The summed E-state index contributed by atoms with van der Waals surface area (Å²) < 4.78 is 34.4. The van der Waals surface area contributed by atoms with Crippen LogP contribution in [0.1, 0.15) is 12.8 Å². The van der Waals surface area contributed by atoms with Crippen molar-refractivity contribution in [1.82, 2.24) is 14.9 Å². The summed E-state index contributed by atoms with van der Waals surface area (Å²) in [6, 6.07) is 15.6. The first-order valence-electron chi connectivity index (χ1n) is 10.7. The Labute approximate surface area is 193 Å². The number of hydrogen-bond donors (Lipinski definition) is 0. The van der Waals surface area contributed by atoms with Crippen LogP contribution in [0, 0.1) is 5.92 Å². The molecule has 0 N–H and O–H groups in total. The van der Waals surface area contributed by atoms with Crippen LogP contribution in [-0.4, -0.2) is 55.3 Å². The summed E-state index contributed by atoms with van der Waals surface area (Å²) in [6.45, 7) is 1.74. The van der Waals surface area contributed by atoms with Crippen molar-refractivity contribution in [3.05, 3.63) is 67.0 Å². The molecule has 2 aromatic carbocycles. The summed E-state index contributed by atoms with van der Waals surface area (Å²) in [4.78, 5) is 23.0. The standard InChI is InChI=1S/C24H25N3O5S/c1-33(29,30)21-9-7-19(8-10-21)22-15-26-23(16-25-22)31-17-18-11-13-27(14-12-18)24(28)32-20-5-3-2-4-6-20/h2-10,15-16,18H,11-14,17H2,1H3. The summed E-state index contributed by atoms with van der Waals surface area (Å²) in [5, 5.41) is 0. The number of hydrogen-bond acceptors (Lipinski definition) is 7. The maximum absolute atomic E-state index is 12.3. The number of carbonyl (C=O) groups excluding carboxylic acids is 1. The summed E-state index contributed by atoms with van der Waals surface area (Å²) in [6.07, 6.45) is 5.66. The SMILES string of the molecule is CS(=O)(=O)c1ccc(-c2cnc(OCC3CCN(C(=O)Oc4ccccc4)CC3)cn2)cc1. The van der Waals surface area contributed by atoms with E-state index in [0.717, 1.165) is 18.4 Å². The summed E-state index contributed by atoms with van der Waals surface area (Å²) in [7, 11) is -3.23. The van der Waals surface area contributed by atoms with Crippen molar-refractivity contribution in [1.29, 1.82) is 0 Å². The maximum Gasteiger partial charge on any atom is 0.415 e. The third-order valence-corrected chi connectivity index (χ3v) is 6.62. The quantitative estimate of drug-likeness (QED) is 0.543. The fraction of sp³-hybridized carbons (Fsp3) is 0.292. The van der Waals surface area contributed by atoms with Crippen LogP contribution in [0.25, 0.3) is 11.3 Å². The predicted octanol–water partition coefficient (Wildman–Crippen LogP) is 3.84. The van der Waals surface area contributed by atoms with Gasteiger partial charge in [-0.1, -0.05) is 30.3 Å². The van der Waals surface area contributed by atoms with Crippen molar-refractivity contribution in [3.63, 3.8) is 0 Å². The molecule has 0 unspecified atom stereocenters. The average Bonchev–Trinajstić information content (AvgIpc) is 2.83. The molecule has 9 heteroatoms. The van der Waals surface area contributed by atoms with Crippen molar-refractivity contribution >= 4 is 15.9 Å². The van der Waals surface area contributed by atoms with E-state index in [2.05, 4.69) is 9.97 Å². The first-order valence-corrected chi connectivity index (χ1v) is 12.5. The number of piperidine rings is 1.